The monoisotopic (exact) mass is 389 g/mol. The lowest BCUT2D eigenvalue weighted by Gasteiger charge is -2.28. The molecule has 2 saturated heterocycles. The first-order chi connectivity index (χ1) is 12.9. The fraction of sp³-hybridized carbons (Fsp3) is 0.368. The van der Waals surface area contributed by atoms with E-state index in [0.29, 0.717) is 19.6 Å². The largest absolute Gasteiger partial charge is 0.338 e. The van der Waals surface area contributed by atoms with Crippen LogP contribution in [0, 0.1) is 17.7 Å². The zero-order chi connectivity index (χ0) is 19.2. The number of hydrogen-bond acceptors (Lipinski definition) is 4. The number of amides is 1. The summed E-state index contributed by atoms with van der Waals surface area (Å²) in [6.07, 6.45) is 3.65. The lowest BCUT2D eigenvalue weighted by molar-refractivity contribution is 0.0769. The van der Waals surface area contributed by atoms with Crippen LogP contribution in [-0.4, -0.2) is 54.4 Å². The number of aromatic nitrogens is 1. The Morgan fingerprint density at radius 1 is 1.15 bits per heavy atom. The van der Waals surface area contributed by atoms with E-state index < -0.39 is 15.8 Å². The standard InChI is InChI=1S/C19H20FN3O3S/c1-27(25,26)23-11-14-10-22(19(24)15-7-8-21-9-17(15)20)12-16(14)18(23)13-5-3-2-4-6-13/h2-9,14,16,18H,10-12H2,1H3/t14-,16-,18+/m1/s1. The lowest BCUT2D eigenvalue weighted by atomic mass is 9.90. The van der Waals surface area contributed by atoms with E-state index >= 15 is 0 Å². The van der Waals surface area contributed by atoms with Gasteiger partial charge in [-0.1, -0.05) is 30.3 Å². The highest BCUT2D eigenvalue weighted by Crippen LogP contribution is 2.46. The summed E-state index contributed by atoms with van der Waals surface area (Å²) in [6.45, 7) is 1.18. The summed E-state index contributed by atoms with van der Waals surface area (Å²) in [5.41, 5.74) is 0.918. The van der Waals surface area contributed by atoms with Gasteiger partial charge in [-0.25, -0.2) is 12.8 Å². The lowest BCUT2D eigenvalue weighted by Crippen LogP contribution is -2.37. The molecule has 3 heterocycles. The Bertz CT molecular complexity index is 967. The molecule has 1 aromatic heterocycles. The number of nitrogens with zero attached hydrogens (tertiary/aromatic N) is 3. The average Bonchev–Trinajstić information content (AvgIpc) is 3.20. The molecule has 27 heavy (non-hydrogen) atoms. The Morgan fingerprint density at radius 3 is 2.56 bits per heavy atom. The van der Waals surface area contributed by atoms with Gasteiger partial charge in [0.1, 0.15) is 0 Å². The van der Waals surface area contributed by atoms with Crippen LogP contribution in [0.5, 0.6) is 0 Å². The van der Waals surface area contributed by atoms with Crippen molar-refractivity contribution >= 4 is 15.9 Å². The van der Waals surface area contributed by atoms with Gasteiger partial charge >= 0.3 is 0 Å². The summed E-state index contributed by atoms with van der Waals surface area (Å²) >= 11 is 0. The molecule has 2 aliphatic rings. The Balaban J connectivity index is 1.63. The third-order valence-corrected chi connectivity index (χ3v) is 6.71. The van der Waals surface area contributed by atoms with E-state index in [4.69, 9.17) is 0 Å². The molecular weight excluding hydrogens is 369 g/mol. The minimum Gasteiger partial charge on any atom is -0.338 e. The van der Waals surface area contributed by atoms with E-state index in [1.165, 1.54) is 22.8 Å². The van der Waals surface area contributed by atoms with Crippen LogP contribution in [0.1, 0.15) is 22.0 Å². The van der Waals surface area contributed by atoms with Gasteiger partial charge in [0.05, 0.1) is 24.1 Å². The van der Waals surface area contributed by atoms with E-state index in [-0.39, 0.29) is 29.3 Å². The normalized spacial score (nSPS) is 25.6. The van der Waals surface area contributed by atoms with Gasteiger partial charge in [-0.05, 0) is 17.5 Å². The van der Waals surface area contributed by atoms with Crippen molar-refractivity contribution < 1.29 is 17.6 Å². The molecule has 1 aromatic carbocycles. The number of halogens is 1. The molecule has 0 saturated carbocycles. The first-order valence-electron chi connectivity index (χ1n) is 8.77. The summed E-state index contributed by atoms with van der Waals surface area (Å²) in [5, 5.41) is 0. The number of carbonyl (C=O) groups is 1. The molecular formula is C19H20FN3O3S. The summed E-state index contributed by atoms with van der Waals surface area (Å²) in [4.78, 5) is 18.1. The Hall–Kier alpha value is -2.32. The molecule has 3 atom stereocenters. The van der Waals surface area contributed by atoms with Gasteiger partial charge in [-0.3, -0.25) is 9.78 Å². The first-order valence-corrected chi connectivity index (χ1v) is 10.6. The number of rotatable bonds is 3. The van der Waals surface area contributed by atoms with Crippen LogP contribution < -0.4 is 0 Å². The van der Waals surface area contributed by atoms with E-state index in [9.17, 15) is 17.6 Å². The maximum atomic E-state index is 13.9. The summed E-state index contributed by atoms with van der Waals surface area (Å²) < 4.78 is 40.1. The number of likely N-dealkylation sites (tertiary alicyclic amines) is 1. The quantitative estimate of drug-likeness (QED) is 0.804. The molecule has 8 heteroatoms. The van der Waals surface area contributed by atoms with Gasteiger partial charge < -0.3 is 4.90 Å². The Labute approximate surface area is 157 Å². The molecule has 1 amide bonds. The molecule has 0 N–H and O–H groups in total. The van der Waals surface area contributed by atoms with Gasteiger partial charge in [0.15, 0.2) is 5.82 Å². The SMILES string of the molecule is CS(=O)(=O)N1C[C@H]2CN(C(=O)c3ccncc3F)C[C@H]2[C@@H]1c1ccccc1. The van der Waals surface area contributed by atoms with Gasteiger partial charge in [0, 0.05) is 31.7 Å². The minimum absolute atomic E-state index is 0.00111. The van der Waals surface area contributed by atoms with Crippen molar-refractivity contribution in [3.05, 3.63) is 65.7 Å². The molecule has 0 bridgehead atoms. The maximum Gasteiger partial charge on any atom is 0.256 e. The second-order valence-corrected chi connectivity index (χ2v) is 9.11. The van der Waals surface area contributed by atoms with E-state index in [1.54, 1.807) is 4.90 Å². The zero-order valence-electron chi connectivity index (χ0n) is 14.8. The van der Waals surface area contributed by atoms with Crippen LogP contribution in [0.4, 0.5) is 4.39 Å². The molecule has 0 aliphatic carbocycles. The summed E-state index contributed by atoms with van der Waals surface area (Å²) in [5.74, 6) is -1.01. The second kappa shape index (κ2) is 6.69. The third kappa shape index (κ3) is 3.23. The van der Waals surface area contributed by atoms with Crippen molar-refractivity contribution in [1.82, 2.24) is 14.2 Å². The van der Waals surface area contributed by atoms with E-state index in [1.807, 2.05) is 30.3 Å². The number of hydrogen-bond donors (Lipinski definition) is 0. The van der Waals surface area contributed by atoms with Crippen LogP contribution >= 0.6 is 0 Å². The van der Waals surface area contributed by atoms with Crippen molar-refractivity contribution in [3.8, 4) is 0 Å². The Kier molecular flexibility index (Phi) is 4.47. The van der Waals surface area contributed by atoms with Crippen LogP contribution in [0.2, 0.25) is 0 Å². The van der Waals surface area contributed by atoms with Crippen LogP contribution in [-0.2, 0) is 10.0 Å². The highest BCUT2D eigenvalue weighted by Gasteiger charge is 2.51. The predicted molar refractivity (Wildman–Crippen MR) is 97.8 cm³/mol. The fourth-order valence-electron chi connectivity index (χ4n) is 4.30. The smallest absolute Gasteiger partial charge is 0.256 e. The van der Waals surface area contributed by atoms with Gasteiger partial charge in [-0.15, -0.1) is 0 Å². The molecule has 2 aromatic rings. The van der Waals surface area contributed by atoms with Gasteiger partial charge in [-0.2, -0.15) is 4.31 Å². The number of fused-ring (bicyclic) bond motifs is 1. The van der Waals surface area contributed by atoms with Gasteiger partial charge in [0.25, 0.3) is 5.91 Å². The molecule has 6 nitrogen and oxygen atoms in total. The highest BCUT2D eigenvalue weighted by atomic mass is 32.2. The molecule has 0 spiro atoms. The highest BCUT2D eigenvalue weighted by molar-refractivity contribution is 7.88. The van der Waals surface area contributed by atoms with Crippen LogP contribution in [0.15, 0.2) is 48.8 Å². The Morgan fingerprint density at radius 2 is 1.89 bits per heavy atom. The van der Waals surface area contributed by atoms with Crippen molar-refractivity contribution in [1.29, 1.82) is 0 Å². The van der Waals surface area contributed by atoms with Crippen molar-refractivity contribution in [2.45, 2.75) is 6.04 Å². The number of pyridine rings is 1. The number of sulfonamides is 1. The molecule has 0 radical (unpaired) electrons. The predicted octanol–water partition coefficient (Wildman–Crippen LogP) is 1.93. The maximum absolute atomic E-state index is 13.9. The number of benzene rings is 1. The van der Waals surface area contributed by atoms with E-state index in [2.05, 4.69) is 4.98 Å². The fourth-order valence-corrected chi connectivity index (χ4v) is 5.45. The molecule has 2 aliphatic heterocycles. The molecule has 4 rings (SSSR count). The summed E-state index contributed by atoms with van der Waals surface area (Å²) in [6, 6.07) is 10.5. The molecule has 142 valence electrons. The van der Waals surface area contributed by atoms with Crippen molar-refractivity contribution in [2.24, 2.45) is 11.8 Å². The first kappa shape index (κ1) is 18.1. The van der Waals surface area contributed by atoms with Crippen molar-refractivity contribution in [3.63, 3.8) is 0 Å². The minimum atomic E-state index is -3.38. The molecule has 2 fully saturated rings. The number of carbonyl (C=O) groups excluding carboxylic acids is 1. The van der Waals surface area contributed by atoms with Crippen molar-refractivity contribution in [2.75, 3.05) is 25.9 Å². The zero-order valence-corrected chi connectivity index (χ0v) is 15.6. The van der Waals surface area contributed by atoms with E-state index in [0.717, 1.165) is 11.8 Å². The third-order valence-electron chi connectivity index (χ3n) is 5.48. The summed E-state index contributed by atoms with van der Waals surface area (Å²) in [7, 11) is -3.38. The van der Waals surface area contributed by atoms with Crippen LogP contribution in [0.3, 0.4) is 0 Å². The molecule has 0 unspecified atom stereocenters. The topological polar surface area (TPSA) is 70.6 Å². The van der Waals surface area contributed by atoms with Crippen LogP contribution in [0.25, 0.3) is 0 Å². The average molecular weight is 389 g/mol. The van der Waals surface area contributed by atoms with Gasteiger partial charge in [0.2, 0.25) is 10.0 Å². The second-order valence-electron chi connectivity index (χ2n) is 7.18.